The van der Waals surface area contributed by atoms with Crippen molar-refractivity contribution >= 4 is 18.1 Å². The number of anilines is 1. The lowest BCUT2D eigenvalue weighted by molar-refractivity contribution is 0.216. The average molecular weight is 247 g/mol. The molecular weight excluding hydrogens is 228 g/mol. The van der Waals surface area contributed by atoms with Crippen molar-refractivity contribution in [3.8, 4) is 5.75 Å². The summed E-state index contributed by atoms with van der Waals surface area (Å²) in [6.45, 7) is 1.51. The fourth-order valence-electron chi connectivity index (χ4n) is 1.46. The molecule has 0 unspecified atom stereocenters. The lowest BCUT2D eigenvalue weighted by atomic mass is 10.1. The topological polar surface area (TPSA) is 58.7 Å². The molecule has 1 aromatic rings. The van der Waals surface area contributed by atoms with Crippen LogP contribution in [0.2, 0.25) is 0 Å². The van der Waals surface area contributed by atoms with Gasteiger partial charge in [-0.25, -0.2) is 0 Å². The van der Waals surface area contributed by atoms with Crippen LogP contribution in [0.5, 0.6) is 5.75 Å². The molecule has 0 amide bonds. The first-order valence-corrected chi connectivity index (χ1v) is 4.89. The van der Waals surface area contributed by atoms with Gasteiger partial charge in [-0.3, -0.25) is 4.90 Å². The molecule has 1 aromatic carbocycles. The van der Waals surface area contributed by atoms with Gasteiger partial charge in [0.1, 0.15) is 5.75 Å². The summed E-state index contributed by atoms with van der Waals surface area (Å²) in [5, 5.41) is 8.80. The number of likely N-dealkylation sites (N-methyl/N-ethyl adjacent to an activating group) is 1. The predicted molar refractivity (Wildman–Crippen MR) is 68.1 cm³/mol. The molecule has 0 aromatic heterocycles. The van der Waals surface area contributed by atoms with Crippen LogP contribution in [0.3, 0.4) is 0 Å². The third-order valence-electron chi connectivity index (χ3n) is 2.23. The van der Waals surface area contributed by atoms with Crippen LogP contribution < -0.4 is 10.5 Å². The van der Waals surface area contributed by atoms with Crippen molar-refractivity contribution in [3.05, 3.63) is 23.8 Å². The predicted octanol–water partition coefficient (Wildman–Crippen LogP) is 1.12. The summed E-state index contributed by atoms with van der Waals surface area (Å²) in [5.74, 6) is 0.828. The molecule has 0 saturated carbocycles. The Hall–Kier alpha value is -0.970. The quantitative estimate of drug-likeness (QED) is 0.765. The maximum absolute atomic E-state index is 8.80. The van der Waals surface area contributed by atoms with Crippen LogP contribution in [0.25, 0.3) is 0 Å². The van der Waals surface area contributed by atoms with Gasteiger partial charge in [-0.05, 0) is 25.2 Å². The van der Waals surface area contributed by atoms with Crippen LogP contribution >= 0.6 is 12.4 Å². The molecule has 0 radical (unpaired) electrons. The Kier molecular flexibility index (Phi) is 6.88. The summed E-state index contributed by atoms with van der Waals surface area (Å²) in [7, 11) is 3.58. The highest BCUT2D eigenvalue weighted by Gasteiger charge is 2.06. The second-order valence-corrected chi connectivity index (χ2v) is 3.53. The zero-order valence-corrected chi connectivity index (χ0v) is 10.5. The molecule has 0 aliphatic heterocycles. The summed E-state index contributed by atoms with van der Waals surface area (Å²) in [6, 6.07) is 5.57. The van der Waals surface area contributed by atoms with E-state index in [9.17, 15) is 0 Å². The molecule has 1 rings (SSSR count). The highest BCUT2D eigenvalue weighted by atomic mass is 35.5. The molecule has 0 spiro atoms. The Morgan fingerprint density at radius 1 is 1.44 bits per heavy atom. The summed E-state index contributed by atoms with van der Waals surface area (Å²) in [4.78, 5) is 2.01. The maximum Gasteiger partial charge on any atom is 0.123 e. The highest BCUT2D eigenvalue weighted by molar-refractivity contribution is 5.85. The van der Waals surface area contributed by atoms with Crippen molar-refractivity contribution in [3.63, 3.8) is 0 Å². The van der Waals surface area contributed by atoms with E-state index in [4.69, 9.17) is 15.6 Å². The van der Waals surface area contributed by atoms with Gasteiger partial charge in [-0.15, -0.1) is 12.4 Å². The zero-order valence-electron chi connectivity index (χ0n) is 9.64. The SMILES string of the molecule is COc1ccc(N)cc1CN(C)CCO.Cl. The lowest BCUT2D eigenvalue weighted by Gasteiger charge is -2.17. The van der Waals surface area contributed by atoms with E-state index in [1.54, 1.807) is 7.11 Å². The van der Waals surface area contributed by atoms with E-state index in [0.717, 1.165) is 23.5 Å². The molecule has 0 bridgehead atoms. The van der Waals surface area contributed by atoms with E-state index >= 15 is 0 Å². The number of benzene rings is 1. The molecule has 16 heavy (non-hydrogen) atoms. The largest absolute Gasteiger partial charge is 0.496 e. The van der Waals surface area contributed by atoms with Crippen LogP contribution in [-0.4, -0.2) is 37.3 Å². The highest BCUT2D eigenvalue weighted by Crippen LogP contribution is 2.22. The molecule has 0 aliphatic rings. The molecular formula is C11H19ClN2O2. The van der Waals surface area contributed by atoms with Gasteiger partial charge >= 0.3 is 0 Å². The average Bonchev–Trinajstić information content (AvgIpc) is 2.18. The van der Waals surface area contributed by atoms with Crippen LogP contribution in [0.4, 0.5) is 5.69 Å². The Balaban J connectivity index is 0.00000225. The number of rotatable bonds is 5. The molecule has 0 atom stereocenters. The van der Waals surface area contributed by atoms with Gasteiger partial charge in [-0.2, -0.15) is 0 Å². The molecule has 5 heteroatoms. The number of ether oxygens (including phenoxy) is 1. The normalized spacial score (nSPS) is 10.0. The van der Waals surface area contributed by atoms with Gasteiger partial charge in [0.2, 0.25) is 0 Å². The number of nitrogens with zero attached hydrogens (tertiary/aromatic N) is 1. The van der Waals surface area contributed by atoms with Crippen LogP contribution in [-0.2, 0) is 6.54 Å². The minimum absolute atomic E-state index is 0. The van der Waals surface area contributed by atoms with Crippen molar-refractivity contribution in [2.75, 3.05) is 33.0 Å². The molecule has 92 valence electrons. The summed E-state index contributed by atoms with van der Waals surface area (Å²) in [5.41, 5.74) is 7.47. The van der Waals surface area contributed by atoms with E-state index in [1.807, 2.05) is 30.1 Å². The van der Waals surface area contributed by atoms with E-state index in [2.05, 4.69) is 0 Å². The molecule has 0 heterocycles. The van der Waals surface area contributed by atoms with Gasteiger partial charge in [0.05, 0.1) is 13.7 Å². The van der Waals surface area contributed by atoms with Crippen molar-refractivity contribution < 1.29 is 9.84 Å². The summed E-state index contributed by atoms with van der Waals surface area (Å²) >= 11 is 0. The number of hydrogen-bond donors (Lipinski definition) is 2. The van der Waals surface area contributed by atoms with Gasteiger partial charge < -0.3 is 15.6 Å². The minimum Gasteiger partial charge on any atom is -0.496 e. The third kappa shape index (κ3) is 4.26. The van der Waals surface area contributed by atoms with Crippen LogP contribution in [0, 0.1) is 0 Å². The second-order valence-electron chi connectivity index (χ2n) is 3.53. The number of nitrogen functional groups attached to an aromatic ring is 1. The first-order valence-electron chi connectivity index (χ1n) is 4.89. The van der Waals surface area contributed by atoms with Gasteiger partial charge in [0, 0.05) is 24.3 Å². The number of aliphatic hydroxyl groups excluding tert-OH is 1. The molecule has 0 aliphatic carbocycles. The smallest absolute Gasteiger partial charge is 0.123 e. The van der Waals surface area contributed by atoms with Crippen molar-refractivity contribution in [1.29, 1.82) is 0 Å². The molecule has 4 nitrogen and oxygen atoms in total. The zero-order chi connectivity index (χ0) is 11.3. The summed E-state index contributed by atoms with van der Waals surface area (Å²) in [6.07, 6.45) is 0. The minimum atomic E-state index is 0. The number of halogens is 1. The first-order chi connectivity index (χ1) is 7.17. The van der Waals surface area contributed by atoms with E-state index in [-0.39, 0.29) is 19.0 Å². The van der Waals surface area contributed by atoms with Crippen LogP contribution in [0.15, 0.2) is 18.2 Å². The molecule has 3 N–H and O–H groups in total. The first kappa shape index (κ1) is 15.0. The molecule has 0 fully saturated rings. The number of methoxy groups -OCH3 is 1. The fourth-order valence-corrected chi connectivity index (χ4v) is 1.46. The van der Waals surface area contributed by atoms with E-state index in [0.29, 0.717) is 6.54 Å². The standard InChI is InChI=1S/C11H18N2O2.ClH/c1-13(5-6-14)8-9-7-10(12)3-4-11(9)15-2;/h3-4,7,14H,5-6,8,12H2,1-2H3;1H. The maximum atomic E-state index is 8.80. The Bertz CT molecular complexity index is 321. The van der Waals surface area contributed by atoms with Gasteiger partial charge in [0.25, 0.3) is 0 Å². The van der Waals surface area contributed by atoms with E-state index < -0.39 is 0 Å². The van der Waals surface area contributed by atoms with Gasteiger partial charge in [-0.1, -0.05) is 0 Å². The Morgan fingerprint density at radius 2 is 2.12 bits per heavy atom. The van der Waals surface area contributed by atoms with Crippen molar-refractivity contribution in [2.45, 2.75) is 6.54 Å². The number of aliphatic hydroxyl groups is 1. The van der Waals surface area contributed by atoms with Gasteiger partial charge in [0.15, 0.2) is 0 Å². The summed E-state index contributed by atoms with van der Waals surface area (Å²) < 4.78 is 5.23. The Morgan fingerprint density at radius 3 is 2.69 bits per heavy atom. The van der Waals surface area contributed by atoms with Crippen LogP contribution in [0.1, 0.15) is 5.56 Å². The molecule has 0 saturated heterocycles. The van der Waals surface area contributed by atoms with Crippen molar-refractivity contribution in [2.24, 2.45) is 0 Å². The second kappa shape index (κ2) is 7.33. The third-order valence-corrected chi connectivity index (χ3v) is 2.23. The number of nitrogens with two attached hydrogens (primary N) is 1. The van der Waals surface area contributed by atoms with E-state index in [1.165, 1.54) is 0 Å². The Labute approximate surface area is 102 Å². The number of hydrogen-bond acceptors (Lipinski definition) is 4. The monoisotopic (exact) mass is 246 g/mol. The fraction of sp³-hybridized carbons (Fsp3) is 0.455. The van der Waals surface area contributed by atoms with Crippen molar-refractivity contribution in [1.82, 2.24) is 4.90 Å². The lowest BCUT2D eigenvalue weighted by Crippen LogP contribution is -2.21.